The zero-order chi connectivity index (χ0) is 29.9. The number of carbonyl (C=O) groups is 1. The van der Waals surface area contributed by atoms with Gasteiger partial charge in [-0.15, -0.1) is 11.3 Å². The Bertz CT molecular complexity index is 1360. The molecule has 3 aromatic rings. The van der Waals surface area contributed by atoms with Crippen molar-refractivity contribution in [3.8, 4) is 16.5 Å². The number of methoxy groups -OCH3 is 1. The third kappa shape index (κ3) is 6.99. The Morgan fingerprint density at radius 2 is 2.02 bits per heavy atom. The molecule has 1 saturated carbocycles. The topological polar surface area (TPSA) is 106 Å². The van der Waals surface area contributed by atoms with Crippen LogP contribution in [0.25, 0.3) is 10.6 Å². The highest BCUT2D eigenvalue weighted by Gasteiger charge is 2.46. The van der Waals surface area contributed by atoms with Crippen LogP contribution in [-0.2, 0) is 22.4 Å². The van der Waals surface area contributed by atoms with Crippen LogP contribution in [0.5, 0.6) is 5.88 Å². The molecule has 2 aliphatic rings. The Hall–Kier alpha value is -2.92. The Morgan fingerprint density at radius 1 is 1.21 bits per heavy atom. The predicted molar refractivity (Wildman–Crippen MR) is 161 cm³/mol. The molecule has 0 radical (unpaired) electrons. The number of aliphatic hydroxyl groups is 1. The molecule has 1 aromatic carbocycles. The summed E-state index contributed by atoms with van der Waals surface area (Å²) in [6, 6.07) is 6.33. The number of benzene rings is 1. The SMILES string of the molecule is COC(C)C(=O)N[C@@H](Cc1ccc(F)c(-c2nccs2)c1)[C@H](O)CN[C@H]1CC2(CCC2)Oc2ncc(CC(C)C)cc21. The molecule has 1 spiro atoms. The Balaban J connectivity index is 1.35. The summed E-state index contributed by atoms with van der Waals surface area (Å²) in [7, 11) is 1.47. The van der Waals surface area contributed by atoms with Crippen LogP contribution in [0.4, 0.5) is 4.39 Å². The van der Waals surface area contributed by atoms with E-state index < -0.39 is 18.2 Å². The second kappa shape index (κ2) is 13.2. The van der Waals surface area contributed by atoms with E-state index >= 15 is 0 Å². The molecule has 5 rings (SSSR count). The van der Waals surface area contributed by atoms with Gasteiger partial charge in [-0.1, -0.05) is 19.9 Å². The van der Waals surface area contributed by atoms with Gasteiger partial charge in [0.25, 0.3) is 0 Å². The van der Waals surface area contributed by atoms with Crippen molar-refractivity contribution in [2.45, 2.75) is 89.2 Å². The number of halogens is 1. The molecule has 1 unspecified atom stereocenters. The van der Waals surface area contributed by atoms with Gasteiger partial charge in [-0.2, -0.15) is 0 Å². The van der Waals surface area contributed by atoms with Gasteiger partial charge in [-0.25, -0.2) is 14.4 Å². The second-order valence-corrected chi connectivity index (χ2v) is 13.0. The summed E-state index contributed by atoms with van der Waals surface area (Å²) < 4.78 is 26.3. The summed E-state index contributed by atoms with van der Waals surface area (Å²) in [4.78, 5) is 21.8. The summed E-state index contributed by atoms with van der Waals surface area (Å²) >= 11 is 1.36. The van der Waals surface area contributed by atoms with Crippen LogP contribution in [0.15, 0.2) is 42.0 Å². The molecule has 226 valence electrons. The lowest BCUT2D eigenvalue weighted by Crippen LogP contribution is -2.53. The minimum Gasteiger partial charge on any atom is -0.471 e. The number of carbonyl (C=O) groups excluding carboxylic acids is 1. The summed E-state index contributed by atoms with van der Waals surface area (Å²) in [6.45, 7) is 6.27. The van der Waals surface area contributed by atoms with E-state index in [-0.39, 0.29) is 29.9 Å². The normalized spacial score (nSPS) is 19.5. The van der Waals surface area contributed by atoms with Crippen molar-refractivity contribution in [3.63, 3.8) is 0 Å². The molecule has 42 heavy (non-hydrogen) atoms. The van der Waals surface area contributed by atoms with Gasteiger partial charge in [-0.05, 0) is 74.3 Å². The number of hydrogen-bond acceptors (Lipinski definition) is 8. The summed E-state index contributed by atoms with van der Waals surface area (Å²) in [5.74, 6) is 0.483. The van der Waals surface area contributed by atoms with Crippen LogP contribution < -0.4 is 15.4 Å². The van der Waals surface area contributed by atoms with E-state index in [1.807, 2.05) is 6.20 Å². The minimum absolute atomic E-state index is 0.0418. The van der Waals surface area contributed by atoms with Gasteiger partial charge in [0, 0.05) is 55.0 Å². The van der Waals surface area contributed by atoms with Crippen LogP contribution in [0.3, 0.4) is 0 Å². The third-order valence-corrected chi connectivity index (χ3v) is 9.15. The van der Waals surface area contributed by atoms with Crippen LogP contribution in [0, 0.1) is 11.7 Å². The fourth-order valence-electron chi connectivity index (χ4n) is 5.79. The van der Waals surface area contributed by atoms with Crippen molar-refractivity contribution in [1.82, 2.24) is 20.6 Å². The average molecular weight is 597 g/mol. The molecular formula is C32H41FN4O4S. The number of ether oxygens (including phenoxy) is 2. The zero-order valence-corrected chi connectivity index (χ0v) is 25.5. The highest BCUT2D eigenvalue weighted by Crippen LogP contribution is 2.48. The standard InChI is InChI=1S/C32H41FN4O4S/c1-19(2)12-22-14-24-27(16-32(8-5-9-32)41-30(24)36-17-22)35-18-28(38)26(37-29(39)20(3)40-4)15-21-6-7-25(33)23(13-21)31-34-10-11-42-31/h6-7,10-11,13-14,17,19-20,26-28,35,38H,5,8-9,12,15-16,18H2,1-4H3,(H,37,39)/t20?,26-,27-,28+/m0/s1. The molecule has 0 saturated heterocycles. The number of hydrogen-bond donors (Lipinski definition) is 3. The number of thiazole rings is 1. The number of nitrogens with zero attached hydrogens (tertiary/aromatic N) is 2. The number of nitrogens with one attached hydrogen (secondary N) is 2. The fourth-order valence-corrected chi connectivity index (χ4v) is 6.45. The van der Waals surface area contributed by atoms with Crippen LogP contribution >= 0.6 is 11.3 Å². The maximum Gasteiger partial charge on any atom is 0.249 e. The number of fused-ring (bicyclic) bond motifs is 1. The molecule has 4 atom stereocenters. The molecule has 10 heteroatoms. The number of pyridine rings is 1. The third-order valence-electron chi connectivity index (χ3n) is 8.35. The molecule has 1 aliphatic carbocycles. The van der Waals surface area contributed by atoms with E-state index in [9.17, 15) is 14.3 Å². The Kier molecular flexibility index (Phi) is 9.57. The molecule has 0 bridgehead atoms. The molecule has 2 aromatic heterocycles. The highest BCUT2D eigenvalue weighted by molar-refractivity contribution is 7.13. The van der Waals surface area contributed by atoms with Crippen molar-refractivity contribution < 1.29 is 23.8 Å². The van der Waals surface area contributed by atoms with Crippen molar-refractivity contribution in [3.05, 3.63) is 64.5 Å². The lowest BCUT2D eigenvalue weighted by molar-refractivity contribution is -0.131. The van der Waals surface area contributed by atoms with E-state index in [2.05, 4.69) is 35.5 Å². The maximum atomic E-state index is 14.6. The van der Waals surface area contributed by atoms with Gasteiger partial charge in [0.2, 0.25) is 11.8 Å². The summed E-state index contributed by atoms with van der Waals surface area (Å²) in [6.07, 6.45) is 7.07. The summed E-state index contributed by atoms with van der Waals surface area (Å²) in [5.41, 5.74) is 3.14. The molecule has 8 nitrogen and oxygen atoms in total. The molecular weight excluding hydrogens is 555 g/mol. The number of amides is 1. The monoisotopic (exact) mass is 596 g/mol. The van der Waals surface area contributed by atoms with E-state index in [1.54, 1.807) is 30.6 Å². The summed E-state index contributed by atoms with van der Waals surface area (Å²) in [5, 5.41) is 20.4. The smallest absolute Gasteiger partial charge is 0.249 e. The van der Waals surface area contributed by atoms with Crippen LogP contribution in [-0.4, -0.2) is 58.5 Å². The average Bonchev–Trinajstić information content (AvgIpc) is 3.49. The first-order valence-corrected chi connectivity index (χ1v) is 15.6. The molecule has 3 N–H and O–H groups in total. The minimum atomic E-state index is -0.929. The van der Waals surface area contributed by atoms with E-state index in [0.29, 0.717) is 28.8 Å². The van der Waals surface area contributed by atoms with Gasteiger partial charge in [0.1, 0.15) is 22.5 Å². The van der Waals surface area contributed by atoms with E-state index in [4.69, 9.17) is 14.5 Å². The van der Waals surface area contributed by atoms with Crippen molar-refractivity contribution in [1.29, 1.82) is 0 Å². The first-order chi connectivity index (χ1) is 20.2. The van der Waals surface area contributed by atoms with Crippen LogP contribution in [0.2, 0.25) is 0 Å². The van der Waals surface area contributed by atoms with E-state index in [0.717, 1.165) is 48.8 Å². The van der Waals surface area contributed by atoms with E-state index in [1.165, 1.54) is 24.5 Å². The largest absolute Gasteiger partial charge is 0.471 e. The van der Waals surface area contributed by atoms with Crippen LogP contribution in [0.1, 0.15) is 69.2 Å². The van der Waals surface area contributed by atoms with Crippen molar-refractivity contribution in [2.24, 2.45) is 5.92 Å². The Morgan fingerprint density at radius 3 is 2.69 bits per heavy atom. The lowest BCUT2D eigenvalue weighted by atomic mass is 9.73. The van der Waals surface area contributed by atoms with Crippen molar-refractivity contribution >= 4 is 17.2 Å². The van der Waals surface area contributed by atoms with Gasteiger partial charge in [0.15, 0.2) is 0 Å². The number of aromatic nitrogens is 2. The molecule has 1 aliphatic heterocycles. The lowest BCUT2D eigenvalue weighted by Gasteiger charge is -2.47. The number of rotatable bonds is 12. The second-order valence-electron chi connectivity index (χ2n) is 12.1. The molecule has 3 heterocycles. The first kappa shape index (κ1) is 30.5. The first-order valence-electron chi connectivity index (χ1n) is 14.8. The molecule has 1 amide bonds. The fraction of sp³-hybridized carbons (Fsp3) is 0.531. The maximum absolute atomic E-state index is 14.6. The predicted octanol–water partition coefficient (Wildman–Crippen LogP) is 5.00. The van der Waals surface area contributed by atoms with Gasteiger partial charge in [-0.3, -0.25) is 4.79 Å². The Labute approximate surface area is 251 Å². The highest BCUT2D eigenvalue weighted by atomic mass is 32.1. The quantitative estimate of drug-likeness (QED) is 0.270. The van der Waals surface area contributed by atoms with Gasteiger partial charge in [0.05, 0.1) is 12.1 Å². The van der Waals surface area contributed by atoms with Gasteiger partial charge < -0.3 is 25.2 Å². The van der Waals surface area contributed by atoms with Gasteiger partial charge >= 0.3 is 0 Å². The number of aliphatic hydroxyl groups excluding tert-OH is 1. The zero-order valence-electron chi connectivity index (χ0n) is 24.7. The van der Waals surface area contributed by atoms with Crippen molar-refractivity contribution in [2.75, 3.05) is 13.7 Å². The molecule has 1 fully saturated rings.